The number of hydrogen-bond acceptors (Lipinski definition) is 3. The van der Waals surface area contributed by atoms with Gasteiger partial charge in [0.2, 0.25) is 11.8 Å². The van der Waals surface area contributed by atoms with Gasteiger partial charge in [0.15, 0.2) is 0 Å². The number of carbonyl (C=O) groups is 2. The number of halogens is 1. The Labute approximate surface area is 139 Å². The van der Waals surface area contributed by atoms with Crippen molar-refractivity contribution in [2.45, 2.75) is 39.2 Å². The topological polar surface area (TPSA) is 61.4 Å². The van der Waals surface area contributed by atoms with E-state index in [-0.39, 0.29) is 24.4 Å². The number of rotatable bonds is 5. The molecule has 22 heavy (non-hydrogen) atoms. The van der Waals surface area contributed by atoms with E-state index < -0.39 is 0 Å². The van der Waals surface area contributed by atoms with Crippen LogP contribution in [0.1, 0.15) is 31.7 Å². The Balaban J connectivity index is 1.88. The normalized spacial score (nSPS) is 18.4. The molecule has 120 valence electrons. The fraction of sp³-hybridized carbons (Fsp3) is 0.500. The highest BCUT2D eigenvalue weighted by molar-refractivity contribution is 9.10. The van der Waals surface area contributed by atoms with Gasteiger partial charge >= 0.3 is 0 Å². The van der Waals surface area contributed by atoms with E-state index in [4.69, 9.17) is 0 Å². The Morgan fingerprint density at radius 3 is 2.91 bits per heavy atom. The molecule has 1 fully saturated rings. The summed E-state index contributed by atoms with van der Waals surface area (Å²) >= 11 is 3.39. The number of carbonyl (C=O) groups excluding carboxylic acids is 2. The van der Waals surface area contributed by atoms with Crippen molar-refractivity contribution >= 4 is 33.4 Å². The van der Waals surface area contributed by atoms with E-state index in [9.17, 15) is 9.59 Å². The minimum absolute atomic E-state index is 0.0416. The zero-order valence-electron chi connectivity index (χ0n) is 13.0. The van der Waals surface area contributed by atoms with E-state index in [2.05, 4.69) is 33.5 Å². The van der Waals surface area contributed by atoms with Crippen molar-refractivity contribution in [1.82, 2.24) is 10.2 Å². The van der Waals surface area contributed by atoms with E-state index in [1.807, 2.05) is 25.1 Å². The van der Waals surface area contributed by atoms with Gasteiger partial charge < -0.3 is 10.2 Å². The van der Waals surface area contributed by atoms with Crippen molar-refractivity contribution in [2.75, 3.05) is 18.5 Å². The summed E-state index contributed by atoms with van der Waals surface area (Å²) in [6.07, 6.45) is 2.51. The Hall–Kier alpha value is -1.40. The van der Waals surface area contributed by atoms with Crippen molar-refractivity contribution in [3.05, 3.63) is 28.2 Å². The first-order chi connectivity index (χ1) is 10.5. The summed E-state index contributed by atoms with van der Waals surface area (Å²) in [5.74, 6) is -0.130. The standard InChI is InChI=1S/C16H22BrN3O2/c1-3-4-13-8-16(22)20(10-18-13)9-15(21)19-14-6-5-12(17)7-11(14)2/h5-7,13,18H,3-4,8-10H2,1-2H3,(H,19,21). The molecule has 2 rings (SSSR count). The number of benzene rings is 1. The molecule has 0 aromatic heterocycles. The molecule has 0 spiro atoms. The second kappa shape index (κ2) is 7.74. The second-order valence-corrected chi connectivity index (χ2v) is 6.57. The lowest BCUT2D eigenvalue weighted by Gasteiger charge is -2.32. The van der Waals surface area contributed by atoms with Gasteiger partial charge in [0, 0.05) is 22.6 Å². The summed E-state index contributed by atoms with van der Waals surface area (Å²) in [6.45, 7) is 4.56. The lowest BCUT2D eigenvalue weighted by Crippen LogP contribution is -2.52. The first kappa shape index (κ1) is 17.0. The second-order valence-electron chi connectivity index (χ2n) is 5.65. The quantitative estimate of drug-likeness (QED) is 0.840. The number of nitrogens with one attached hydrogen (secondary N) is 2. The maximum absolute atomic E-state index is 12.1. The molecule has 6 heteroatoms. The third-order valence-corrected chi connectivity index (χ3v) is 4.27. The first-order valence-electron chi connectivity index (χ1n) is 7.56. The Bertz CT molecular complexity index is 562. The molecule has 1 atom stereocenters. The third-order valence-electron chi connectivity index (χ3n) is 3.78. The van der Waals surface area contributed by atoms with Crippen LogP contribution in [0.5, 0.6) is 0 Å². The molecule has 2 N–H and O–H groups in total. The molecule has 1 heterocycles. The Morgan fingerprint density at radius 2 is 2.27 bits per heavy atom. The van der Waals surface area contributed by atoms with Crippen molar-refractivity contribution < 1.29 is 9.59 Å². The average Bonchev–Trinajstić information content (AvgIpc) is 2.45. The van der Waals surface area contributed by atoms with Crippen LogP contribution in [-0.2, 0) is 9.59 Å². The minimum atomic E-state index is -0.172. The largest absolute Gasteiger partial charge is 0.324 e. The van der Waals surface area contributed by atoms with Gasteiger partial charge in [-0.15, -0.1) is 0 Å². The highest BCUT2D eigenvalue weighted by Gasteiger charge is 2.26. The van der Waals surface area contributed by atoms with Crippen molar-refractivity contribution in [1.29, 1.82) is 0 Å². The van der Waals surface area contributed by atoms with E-state index >= 15 is 0 Å². The SMILES string of the molecule is CCCC1CC(=O)N(CC(=O)Nc2ccc(Br)cc2C)CN1. The number of hydrogen-bond donors (Lipinski definition) is 2. The first-order valence-corrected chi connectivity index (χ1v) is 8.36. The van der Waals surface area contributed by atoms with Crippen LogP contribution in [0.25, 0.3) is 0 Å². The fourth-order valence-electron chi connectivity index (χ4n) is 2.57. The number of anilines is 1. The average molecular weight is 368 g/mol. The number of amides is 2. The molecule has 1 saturated heterocycles. The van der Waals surface area contributed by atoms with E-state index in [1.165, 1.54) is 0 Å². The smallest absolute Gasteiger partial charge is 0.244 e. The van der Waals surface area contributed by atoms with Crippen LogP contribution >= 0.6 is 15.9 Å². The molecular formula is C16H22BrN3O2. The molecule has 0 saturated carbocycles. The predicted octanol–water partition coefficient (Wildman–Crippen LogP) is 2.64. The van der Waals surface area contributed by atoms with E-state index in [0.29, 0.717) is 13.1 Å². The summed E-state index contributed by atoms with van der Waals surface area (Å²) in [7, 11) is 0. The van der Waals surface area contributed by atoms with Crippen LogP contribution in [0.4, 0.5) is 5.69 Å². The van der Waals surface area contributed by atoms with Crippen LogP contribution in [0, 0.1) is 6.92 Å². The van der Waals surface area contributed by atoms with Crippen LogP contribution in [0.3, 0.4) is 0 Å². The van der Waals surface area contributed by atoms with Crippen LogP contribution in [0.2, 0.25) is 0 Å². The molecule has 5 nitrogen and oxygen atoms in total. The van der Waals surface area contributed by atoms with Gasteiger partial charge in [-0.3, -0.25) is 14.9 Å². The minimum Gasteiger partial charge on any atom is -0.324 e. The zero-order chi connectivity index (χ0) is 16.1. The summed E-state index contributed by atoms with van der Waals surface area (Å²) in [5, 5.41) is 6.17. The van der Waals surface area contributed by atoms with Crippen molar-refractivity contribution in [3.8, 4) is 0 Å². The third kappa shape index (κ3) is 4.55. The highest BCUT2D eigenvalue weighted by atomic mass is 79.9. The highest BCUT2D eigenvalue weighted by Crippen LogP contribution is 2.20. The predicted molar refractivity (Wildman–Crippen MR) is 90.5 cm³/mol. The molecule has 1 aromatic rings. The Kier molecular flexibility index (Phi) is 5.97. The Morgan fingerprint density at radius 1 is 1.50 bits per heavy atom. The van der Waals surface area contributed by atoms with Crippen molar-refractivity contribution in [3.63, 3.8) is 0 Å². The molecular weight excluding hydrogens is 346 g/mol. The van der Waals surface area contributed by atoms with Gasteiger partial charge in [0.1, 0.15) is 6.54 Å². The van der Waals surface area contributed by atoms with Gasteiger partial charge in [0.05, 0.1) is 6.67 Å². The van der Waals surface area contributed by atoms with Crippen LogP contribution in [0.15, 0.2) is 22.7 Å². The van der Waals surface area contributed by atoms with Crippen LogP contribution in [-0.4, -0.2) is 36.0 Å². The molecule has 0 aliphatic carbocycles. The van der Waals surface area contributed by atoms with Gasteiger partial charge in [-0.2, -0.15) is 0 Å². The summed E-state index contributed by atoms with van der Waals surface area (Å²) in [6, 6.07) is 5.92. The van der Waals surface area contributed by atoms with E-state index in [1.54, 1.807) is 4.90 Å². The maximum Gasteiger partial charge on any atom is 0.244 e. The zero-order valence-corrected chi connectivity index (χ0v) is 14.6. The summed E-state index contributed by atoms with van der Waals surface area (Å²) in [5.41, 5.74) is 1.75. The van der Waals surface area contributed by atoms with E-state index in [0.717, 1.165) is 28.6 Å². The summed E-state index contributed by atoms with van der Waals surface area (Å²) in [4.78, 5) is 25.8. The monoisotopic (exact) mass is 367 g/mol. The van der Waals surface area contributed by atoms with Gasteiger partial charge in [-0.1, -0.05) is 29.3 Å². The molecule has 0 radical (unpaired) electrons. The lowest BCUT2D eigenvalue weighted by atomic mass is 10.1. The van der Waals surface area contributed by atoms with Gasteiger partial charge in [0.25, 0.3) is 0 Å². The number of aryl methyl sites for hydroxylation is 1. The number of nitrogens with zero attached hydrogens (tertiary/aromatic N) is 1. The molecule has 1 aliphatic rings. The van der Waals surface area contributed by atoms with Crippen molar-refractivity contribution in [2.24, 2.45) is 0 Å². The maximum atomic E-state index is 12.1. The molecule has 2 amide bonds. The lowest BCUT2D eigenvalue weighted by molar-refractivity contribution is -0.138. The molecule has 1 unspecified atom stereocenters. The molecule has 0 bridgehead atoms. The molecule has 1 aromatic carbocycles. The van der Waals surface area contributed by atoms with Crippen LogP contribution < -0.4 is 10.6 Å². The van der Waals surface area contributed by atoms with Gasteiger partial charge in [-0.05, 0) is 37.1 Å². The fourth-order valence-corrected chi connectivity index (χ4v) is 3.04. The van der Waals surface area contributed by atoms with Gasteiger partial charge in [-0.25, -0.2) is 0 Å². The summed E-state index contributed by atoms with van der Waals surface area (Å²) < 4.78 is 0.973. The molecule has 1 aliphatic heterocycles.